The highest BCUT2D eigenvalue weighted by atomic mass is 32.1. The molecule has 6 nitrogen and oxygen atoms in total. The van der Waals surface area contributed by atoms with Crippen molar-refractivity contribution in [1.82, 2.24) is 5.32 Å². The average molecular weight is 791 g/mol. The molecule has 5 aromatic rings. The molecule has 1 aliphatic carbocycles. The van der Waals surface area contributed by atoms with E-state index >= 15 is 0 Å². The average Bonchev–Trinajstić information content (AvgIpc) is 3.25. The van der Waals surface area contributed by atoms with E-state index < -0.39 is 40.0 Å². The van der Waals surface area contributed by atoms with E-state index in [4.69, 9.17) is 9.47 Å². The first kappa shape index (κ1) is 42.0. The number of nitrogens with one attached hydrogen (secondary N) is 1. The van der Waals surface area contributed by atoms with Gasteiger partial charge < -0.3 is 19.7 Å². The SMILES string of the molecule is CCNCC(=O)N(Cc1ccc(C2CCCCC2)cc1)c1ccc(C(=O)OCc2ccccc2)c(OCc2ccccc2)c1.Fc1c(F)c(F)c(S)c(F)c1F. The van der Waals surface area contributed by atoms with Crippen molar-refractivity contribution in [3.63, 3.8) is 0 Å². The van der Waals surface area contributed by atoms with Crippen molar-refractivity contribution in [2.45, 2.75) is 69.6 Å². The van der Waals surface area contributed by atoms with Gasteiger partial charge in [0, 0.05) is 11.8 Å². The van der Waals surface area contributed by atoms with E-state index in [-0.39, 0.29) is 25.7 Å². The lowest BCUT2D eigenvalue weighted by atomic mass is 9.84. The first-order chi connectivity index (χ1) is 27.1. The topological polar surface area (TPSA) is 67.9 Å². The quantitative estimate of drug-likeness (QED) is 0.0409. The van der Waals surface area contributed by atoms with Gasteiger partial charge in [-0.05, 0) is 59.7 Å². The summed E-state index contributed by atoms with van der Waals surface area (Å²) in [5.41, 5.74) is 5.28. The molecule has 1 amide bonds. The third kappa shape index (κ3) is 11.2. The Morgan fingerprint density at radius 2 is 1.29 bits per heavy atom. The van der Waals surface area contributed by atoms with Crippen LogP contribution >= 0.6 is 12.6 Å². The summed E-state index contributed by atoms with van der Waals surface area (Å²) >= 11 is 3.10. The molecule has 6 rings (SSSR count). The van der Waals surface area contributed by atoms with Crippen LogP contribution in [0.2, 0.25) is 0 Å². The molecule has 1 N–H and O–H groups in total. The van der Waals surface area contributed by atoms with Gasteiger partial charge in [0.05, 0.1) is 18.0 Å². The maximum absolute atomic E-state index is 13.5. The van der Waals surface area contributed by atoms with Crippen molar-refractivity contribution in [2.75, 3.05) is 18.0 Å². The Kier molecular flexibility index (Phi) is 15.5. The lowest BCUT2D eigenvalue weighted by Crippen LogP contribution is -2.38. The molecule has 1 fully saturated rings. The fraction of sp³-hybridized carbons (Fsp3) is 0.273. The zero-order valence-electron chi connectivity index (χ0n) is 30.9. The van der Waals surface area contributed by atoms with Gasteiger partial charge in [0.25, 0.3) is 0 Å². The van der Waals surface area contributed by atoms with Crippen molar-refractivity contribution >= 4 is 30.2 Å². The van der Waals surface area contributed by atoms with E-state index in [1.54, 1.807) is 23.1 Å². The van der Waals surface area contributed by atoms with E-state index in [0.717, 1.165) is 16.7 Å². The minimum atomic E-state index is -2.18. The molecular formula is C44H43F5N2O4S. The van der Waals surface area contributed by atoms with Crippen LogP contribution in [0.4, 0.5) is 27.6 Å². The molecule has 0 unspecified atom stereocenters. The molecule has 0 radical (unpaired) electrons. The second-order valence-corrected chi connectivity index (χ2v) is 13.7. The molecule has 0 heterocycles. The highest BCUT2D eigenvalue weighted by Gasteiger charge is 2.24. The van der Waals surface area contributed by atoms with Crippen molar-refractivity contribution < 1.29 is 41.0 Å². The Bertz CT molecular complexity index is 1960. The normalized spacial score (nSPS) is 12.7. The molecule has 0 aliphatic heterocycles. The molecule has 56 heavy (non-hydrogen) atoms. The second-order valence-electron chi connectivity index (χ2n) is 13.3. The first-order valence-electron chi connectivity index (χ1n) is 18.4. The van der Waals surface area contributed by atoms with Crippen LogP contribution in [0.1, 0.15) is 77.6 Å². The zero-order valence-corrected chi connectivity index (χ0v) is 31.8. The minimum absolute atomic E-state index is 0.0587. The van der Waals surface area contributed by atoms with Crippen LogP contribution in [-0.4, -0.2) is 25.0 Å². The van der Waals surface area contributed by atoms with Crippen LogP contribution in [0.15, 0.2) is 108 Å². The van der Waals surface area contributed by atoms with E-state index in [1.807, 2.05) is 67.6 Å². The van der Waals surface area contributed by atoms with Crippen LogP contribution in [0, 0.1) is 29.1 Å². The summed E-state index contributed by atoms with van der Waals surface area (Å²) in [6.07, 6.45) is 6.42. The number of rotatable bonds is 13. The highest BCUT2D eigenvalue weighted by Crippen LogP contribution is 2.34. The van der Waals surface area contributed by atoms with Gasteiger partial charge in [-0.3, -0.25) is 4.79 Å². The molecule has 0 saturated heterocycles. The van der Waals surface area contributed by atoms with Gasteiger partial charge in [0.15, 0.2) is 23.3 Å². The minimum Gasteiger partial charge on any atom is -0.488 e. The Morgan fingerprint density at radius 3 is 1.88 bits per heavy atom. The number of halogens is 5. The Balaban J connectivity index is 0.000000427. The third-order valence-electron chi connectivity index (χ3n) is 9.36. The van der Waals surface area contributed by atoms with Crippen LogP contribution in [0.3, 0.4) is 0 Å². The number of anilines is 1. The van der Waals surface area contributed by atoms with E-state index in [9.17, 15) is 31.5 Å². The Morgan fingerprint density at radius 1 is 0.714 bits per heavy atom. The number of esters is 1. The summed E-state index contributed by atoms with van der Waals surface area (Å²) in [5, 5.41) is 3.16. The van der Waals surface area contributed by atoms with Crippen LogP contribution in [0.5, 0.6) is 5.75 Å². The Labute approximate surface area is 329 Å². The van der Waals surface area contributed by atoms with Crippen LogP contribution < -0.4 is 15.0 Å². The van der Waals surface area contributed by atoms with Gasteiger partial charge in [-0.1, -0.05) is 111 Å². The number of thiol groups is 1. The maximum atomic E-state index is 13.5. The standard InChI is InChI=1S/C38H42N2O4.C6HF5S/c1-2-39-25-37(41)40(26-29-18-20-33(21-19-29)32-16-10-5-11-17-32)34-22-23-35(38(42)44-28-31-14-8-4-9-15-31)36(24-34)43-27-30-12-6-3-7-13-30;7-1-2(8)4(10)6(12)5(11)3(1)9/h3-4,6-9,12-15,18-24,32,39H,2,5,10-11,16-17,25-28H2,1H3;12H. The summed E-state index contributed by atoms with van der Waals surface area (Å²) in [5.74, 6) is -9.53. The van der Waals surface area contributed by atoms with Crippen molar-refractivity contribution in [2.24, 2.45) is 0 Å². The number of hydrogen-bond acceptors (Lipinski definition) is 6. The zero-order chi connectivity index (χ0) is 40.0. The Hall–Kier alpha value is -5.20. The van der Waals surface area contributed by atoms with Gasteiger partial charge in [0.1, 0.15) is 24.5 Å². The molecule has 1 aliphatic rings. The van der Waals surface area contributed by atoms with Gasteiger partial charge in [-0.15, -0.1) is 12.6 Å². The summed E-state index contributed by atoms with van der Waals surface area (Å²) in [7, 11) is 0. The number of carbonyl (C=O) groups is 2. The van der Waals surface area contributed by atoms with E-state index in [0.29, 0.717) is 36.0 Å². The van der Waals surface area contributed by atoms with Crippen molar-refractivity contribution in [1.29, 1.82) is 0 Å². The highest BCUT2D eigenvalue weighted by molar-refractivity contribution is 7.80. The van der Waals surface area contributed by atoms with Crippen LogP contribution in [-0.2, 0) is 29.3 Å². The summed E-state index contributed by atoms with van der Waals surface area (Å²) < 4.78 is 73.2. The summed E-state index contributed by atoms with van der Waals surface area (Å²) in [6, 6.07) is 33.4. The van der Waals surface area contributed by atoms with E-state index in [1.165, 1.54) is 37.7 Å². The third-order valence-corrected chi connectivity index (χ3v) is 9.75. The number of likely N-dealkylation sites (N-methyl/N-ethyl adjacent to an activating group) is 1. The number of carbonyl (C=O) groups excluding carboxylic acids is 2. The molecular weight excluding hydrogens is 748 g/mol. The predicted octanol–water partition coefficient (Wildman–Crippen LogP) is 10.5. The molecule has 0 aromatic heterocycles. The monoisotopic (exact) mass is 790 g/mol. The molecule has 294 valence electrons. The fourth-order valence-electron chi connectivity index (χ4n) is 6.26. The molecule has 0 spiro atoms. The summed E-state index contributed by atoms with van der Waals surface area (Å²) in [4.78, 5) is 27.4. The number of amides is 1. The van der Waals surface area contributed by atoms with Crippen molar-refractivity contribution in [3.05, 3.63) is 160 Å². The molecule has 1 saturated carbocycles. The largest absolute Gasteiger partial charge is 0.488 e. The molecule has 0 atom stereocenters. The molecule has 12 heteroatoms. The lowest BCUT2D eigenvalue weighted by Gasteiger charge is -2.25. The van der Waals surface area contributed by atoms with Gasteiger partial charge in [-0.2, -0.15) is 0 Å². The summed E-state index contributed by atoms with van der Waals surface area (Å²) in [6.45, 7) is 3.71. The van der Waals surface area contributed by atoms with Gasteiger partial charge in [-0.25, -0.2) is 26.7 Å². The second kappa shape index (κ2) is 20.6. The number of benzene rings is 5. The van der Waals surface area contributed by atoms with Gasteiger partial charge >= 0.3 is 5.97 Å². The smallest absolute Gasteiger partial charge is 0.342 e. The predicted molar refractivity (Wildman–Crippen MR) is 208 cm³/mol. The first-order valence-corrected chi connectivity index (χ1v) is 18.8. The molecule has 5 aromatic carbocycles. The lowest BCUT2D eigenvalue weighted by molar-refractivity contribution is -0.117. The van der Waals surface area contributed by atoms with Crippen molar-refractivity contribution in [3.8, 4) is 5.75 Å². The number of nitrogens with zero attached hydrogens (tertiary/aromatic N) is 1. The number of ether oxygens (including phenoxy) is 2. The maximum Gasteiger partial charge on any atom is 0.342 e. The molecule has 0 bridgehead atoms. The van der Waals surface area contributed by atoms with E-state index in [2.05, 4.69) is 42.2 Å². The number of hydrogen-bond donors (Lipinski definition) is 2. The van der Waals surface area contributed by atoms with Gasteiger partial charge in [0.2, 0.25) is 11.7 Å². The fourth-order valence-corrected chi connectivity index (χ4v) is 6.46. The van der Waals surface area contributed by atoms with Crippen LogP contribution in [0.25, 0.3) is 0 Å².